The molecule has 1 atom stereocenters. The molecule has 5 nitrogen and oxygen atoms in total. The Balaban J connectivity index is 1.95. The molecule has 0 saturated heterocycles. The molecule has 0 aliphatic carbocycles. The van der Waals surface area contributed by atoms with Gasteiger partial charge in [0.05, 0.1) is 18.3 Å². The van der Waals surface area contributed by atoms with Crippen molar-refractivity contribution in [3.05, 3.63) is 40.7 Å². The molecule has 2 rings (SSSR count). The first-order valence-electron chi connectivity index (χ1n) is 8.21. The molecule has 0 aliphatic heterocycles. The van der Waals surface area contributed by atoms with Crippen LogP contribution in [0.15, 0.2) is 35.3 Å². The zero-order valence-electron chi connectivity index (χ0n) is 14.1. The number of carbonyl (C=O) groups excluding carboxylic acids is 1. The van der Waals surface area contributed by atoms with Crippen molar-refractivity contribution in [2.45, 2.75) is 52.6 Å². The molecule has 0 saturated carbocycles. The van der Waals surface area contributed by atoms with Crippen molar-refractivity contribution in [2.75, 3.05) is 0 Å². The summed E-state index contributed by atoms with van der Waals surface area (Å²) in [7, 11) is 0. The van der Waals surface area contributed by atoms with Gasteiger partial charge in [-0.05, 0) is 37.8 Å². The predicted molar refractivity (Wildman–Crippen MR) is 92.3 cm³/mol. The molecule has 1 unspecified atom stereocenters. The summed E-state index contributed by atoms with van der Waals surface area (Å²) in [5.41, 5.74) is 0.671. The van der Waals surface area contributed by atoms with E-state index in [1.165, 1.54) is 6.20 Å². The third-order valence-electron chi connectivity index (χ3n) is 3.90. The van der Waals surface area contributed by atoms with Gasteiger partial charge in [-0.25, -0.2) is 0 Å². The number of rotatable bonds is 7. The molecule has 0 fully saturated rings. The Hall–Kier alpha value is -2.17. The van der Waals surface area contributed by atoms with E-state index in [-0.39, 0.29) is 17.4 Å². The Morgan fingerprint density at radius 3 is 2.70 bits per heavy atom. The summed E-state index contributed by atoms with van der Waals surface area (Å²) < 4.78 is 1.72. The van der Waals surface area contributed by atoms with Gasteiger partial charge in [0.15, 0.2) is 0 Å². The van der Waals surface area contributed by atoms with Gasteiger partial charge in [0.1, 0.15) is 0 Å². The first kappa shape index (κ1) is 17.2. The highest BCUT2D eigenvalue weighted by atomic mass is 16.1. The van der Waals surface area contributed by atoms with Crippen LogP contribution in [0.4, 0.5) is 0 Å². The molecule has 5 heteroatoms. The summed E-state index contributed by atoms with van der Waals surface area (Å²) in [6, 6.07) is 7.52. The zero-order chi connectivity index (χ0) is 16.8. The molecular formula is C18H25N3O2. The quantitative estimate of drug-likeness (QED) is 0.854. The Morgan fingerprint density at radius 1 is 1.22 bits per heavy atom. The lowest BCUT2D eigenvalue weighted by Gasteiger charge is -2.15. The minimum absolute atomic E-state index is 0.0193. The van der Waals surface area contributed by atoms with Crippen LogP contribution in [0, 0.1) is 5.92 Å². The van der Waals surface area contributed by atoms with Crippen LogP contribution >= 0.6 is 0 Å². The standard InChI is InChI=1S/C18H25N3O2/c1-13(2)8-9-14(3)20-18(23)10-11-21-16-7-5-4-6-15(16)17(22)12-19-21/h4-7,12-14H,8-11H2,1-3H3,(H,20,23). The molecule has 1 amide bonds. The van der Waals surface area contributed by atoms with E-state index in [2.05, 4.69) is 24.3 Å². The first-order chi connectivity index (χ1) is 11.0. The van der Waals surface area contributed by atoms with Gasteiger partial charge in [0, 0.05) is 17.8 Å². The van der Waals surface area contributed by atoms with Crippen LogP contribution in [-0.4, -0.2) is 21.7 Å². The van der Waals surface area contributed by atoms with Gasteiger partial charge in [-0.2, -0.15) is 5.10 Å². The molecule has 1 aromatic heterocycles. The highest BCUT2D eigenvalue weighted by Crippen LogP contribution is 2.09. The second-order valence-electron chi connectivity index (χ2n) is 6.44. The zero-order valence-corrected chi connectivity index (χ0v) is 14.1. The van der Waals surface area contributed by atoms with E-state index in [4.69, 9.17) is 0 Å². The largest absolute Gasteiger partial charge is 0.354 e. The second kappa shape index (κ2) is 7.90. The molecule has 23 heavy (non-hydrogen) atoms. The molecule has 124 valence electrons. The smallest absolute Gasteiger partial charge is 0.222 e. The van der Waals surface area contributed by atoms with Gasteiger partial charge in [-0.15, -0.1) is 0 Å². The number of aryl methyl sites for hydroxylation is 1. The number of fused-ring (bicyclic) bond motifs is 1. The highest BCUT2D eigenvalue weighted by molar-refractivity contribution is 5.79. The van der Waals surface area contributed by atoms with Gasteiger partial charge in [0.25, 0.3) is 0 Å². The summed E-state index contributed by atoms with van der Waals surface area (Å²) in [6.45, 7) is 6.86. The number of carbonyl (C=O) groups is 1. The van der Waals surface area contributed by atoms with Crippen molar-refractivity contribution in [1.82, 2.24) is 15.1 Å². The molecule has 0 bridgehead atoms. The minimum atomic E-state index is -0.0939. The normalized spacial score (nSPS) is 12.5. The average Bonchev–Trinajstić information content (AvgIpc) is 2.52. The van der Waals surface area contributed by atoms with Crippen molar-refractivity contribution in [2.24, 2.45) is 5.92 Å². The third-order valence-corrected chi connectivity index (χ3v) is 3.90. The van der Waals surface area contributed by atoms with Gasteiger partial charge in [-0.1, -0.05) is 26.0 Å². The van der Waals surface area contributed by atoms with Gasteiger partial charge < -0.3 is 5.32 Å². The number of nitrogens with zero attached hydrogens (tertiary/aromatic N) is 2. The van der Waals surface area contributed by atoms with E-state index < -0.39 is 0 Å². The lowest BCUT2D eigenvalue weighted by Crippen LogP contribution is -2.33. The average molecular weight is 315 g/mol. The molecule has 2 aromatic rings. The number of hydrogen-bond acceptors (Lipinski definition) is 3. The minimum Gasteiger partial charge on any atom is -0.354 e. The summed E-state index contributed by atoms with van der Waals surface area (Å²) >= 11 is 0. The molecule has 1 N–H and O–H groups in total. The Morgan fingerprint density at radius 2 is 1.96 bits per heavy atom. The van der Waals surface area contributed by atoms with Crippen LogP contribution in [0.5, 0.6) is 0 Å². The Kier molecular flexibility index (Phi) is 5.90. The van der Waals surface area contributed by atoms with Crippen molar-refractivity contribution < 1.29 is 4.79 Å². The molecule has 0 aliphatic rings. The maximum atomic E-state index is 12.1. The summed E-state index contributed by atoms with van der Waals surface area (Å²) in [5, 5.41) is 7.80. The Labute approximate surface area is 136 Å². The number of nitrogens with one attached hydrogen (secondary N) is 1. The van der Waals surface area contributed by atoms with E-state index in [0.29, 0.717) is 24.3 Å². The van der Waals surface area contributed by atoms with Crippen molar-refractivity contribution >= 4 is 16.8 Å². The number of amides is 1. The van der Waals surface area contributed by atoms with Crippen LogP contribution < -0.4 is 10.7 Å². The van der Waals surface area contributed by atoms with Crippen LogP contribution in [0.1, 0.15) is 40.0 Å². The van der Waals surface area contributed by atoms with Gasteiger partial charge in [0.2, 0.25) is 11.3 Å². The van der Waals surface area contributed by atoms with E-state index in [1.54, 1.807) is 10.7 Å². The summed E-state index contributed by atoms with van der Waals surface area (Å²) in [5.74, 6) is 0.664. The lowest BCUT2D eigenvalue weighted by molar-refractivity contribution is -0.122. The van der Waals surface area contributed by atoms with Crippen molar-refractivity contribution in [1.29, 1.82) is 0 Å². The molecular weight excluding hydrogens is 290 g/mol. The van der Waals surface area contributed by atoms with E-state index >= 15 is 0 Å². The van der Waals surface area contributed by atoms with Crippen molar-refractivity contribution in [3.8, 4) is 0 Å². The van der Waals surface area contributed by atoms with E-state index in [0.717, 1.165) is 18.4 Å². The fourth-order valence-corrected chi connectivity index (χ4v) is 2.55. The summed E-state index contributed by atoms with van der Waals surface area (Å²) in [6.07, 6.45) is 3.76. The van der Waals surface area contributed by atoms with Crippen LogP contribution in [0.25, 0.3) is 10.9 Å². The van der Waals surface area contributed by atoms with Gasteiger partial charge in [-0.3, -0.25) is 14.3 Å². The molecule has 1 aromatic carbocycles. The van der Waals surface area contributed by atoms with Crippen molar-refractivity contribution in [3.63, 3.8) is 0 Å². The fraction of sp³-hybridized carbons (Fsp3) is 0.500. The maximum absolute atomic E-state index is 12.1. The van der Waals surface area contributed by atoms with E-state index in [9.17, 15) is 9.59 Å². The SMILES string of the molecule is CC(C)CCC(C)NC(=O)CCn1ncc(=O)c2ccccc21. The first-order valence-corrected chi connectivity index (χ1v) is 8.21. The van der Waals surface area contributed by atoms with E-state index in [1.807, 2.05) is 25.1 Å². The number of benzene rings is 1. The topological polar surface area (TPSA) is 64.0 Å². The molecule has 0 radical (unpaired) electrons. The third kappa shape index (κ3) is 4.91. The predicted octanol–water partition coefficient (Wildman–Crippen LogP) is 2.73. The Bertz CT molecular complexity index is 722. The second-order valence-corrected chi connectivity index (χ2v) is 6.44. The van der Waals surface area contributed by atoms with Crippen LogP contribution in [-0.2, 0) is 11.3 Å². The monoisotopic (exact) mass is 315 g/mol. The number of hydrogen-bond donors (Lipinski definition) is 1. The maximum Gasteiger partial charge on any atom is 0.222 e. The molecule has 0 spiro atoms. The fourth-order valence-electron chi connectivity index (χ4n) is 2.55. The summed E-state index contributed by atoms with van der Waals surface area (Å²) in [4.78, 5) is 23.8. The molecule has 1 heterocycles. The van der Waals surface area contributed by atoms with Crippen LogP contribution in [0.2, 0.25) is 0 Å². The van der Waals surface area contributed by atoms with Crippen LogP contribution in [0.3, 0.4) is 0 Å². The highest BCUT2D eigenvalue weighted by Gasteiger charge is 2.10. The number of para-hydroxylation sites is 1. The number of aromatic nitrogens is 2. The lowest BCUT2D eigenvalue weighted by atomic mass is 10.0. The van der Waals surface area contributed by atoms with Gasteiger partial charge >= 0.3 is 0 Å².